The molecule has 2 N–H and O–H groups in total. The van der Waals surface area contributed by atoms with Crippen LogP contribution in [0.25, 0.3) is 5.70 Å². The number of halogens is 1. The summed E-state index contributed by atoms with van der Waals surface area (Å²) in [6.45, 7) is 9.52. The molecule has 0 aromatic heterocycles. The molecule has 0 bridgehead atoms. The molecule has 0 radical (unpaired) electrons. The predicted octanol–water partition coefficient (Wildman–Crippen LogP) is 3.05. The van der Waals surface area contributed by atoms with Gasteiger partial charge in [0.15, 0.2) is 0 Å². The first-order valence-electron chi connectivity index (χ1n) is 4.58. The van der Waals surface area contributed by atoms with Gasteiger partial charge in [-0.25, -0.2) is 4.39 Å². The van der Waals surface area contributed by atoms with Gasteiger partial charge in [-0.1, -0.05) is 39.5 Å². The van der Waals surface area contributed by atoms with Gasteiger partial charge in [0.05, 0.1) is 0 Å². The first-order chi connectivity index (χ1) is 6.34. The Balaban J connectivity index is 3.45. The van der Waals surface area contributed by atoms with Gasteiger partial charge in [-0.05, 0) is 11.5 Å². The molecule has 2 heteroatoms. The molecule has 0 unspecified atom stereocenters. The quantitative estimate of drug-likeness (QED) is 0.728. The Morgan fingerprint density at radius 3 is 2.29 bits per heavy atom. The van der Waals surface area contributed by atoms with Crippen molar-refractivity contribution >= 4 is 5.70 Å². The van der Waals surface area contributed by atoms with E-state index in [0.717, 1.165) is 0 Å². The van der Waals surface area contributed by atoms with Crippen LogP contribution in [0.1, 0.15) is 31.9 Å². The highest BCUT2D eigenvalue weighted by molar-refractivity contribution is 5.65. The second-order valence-corrected chi connectivity index (χ2v) is 4.44. The zero-order valence-corrected chi connectivity index (χ0v) is 8.89. The van der Waals surface area contributed by atoms with E-state index < -0.39 is 0 Å². The Kier molecular flexibility index (Phi) is 2.65. The van der Waals surface area contributed by atoms with Crippen molar-refractivity contribution in [3.63, 3.8) is 0 Å². The third kappa shape index (κ3) is 1.95. The molecule has 1 aromatic rings. The Morgan fingerprint density at radius 1 is 1.36 bits per heavy atom. The predicted molar refractivity (Wildman–Crippen MR) is 58.3 cm³/mol. The molecular weight excluding hydrogens is 177 g/mol. The lowest BCUT2D eigenvalue weighted by atomic mass is 9.82. The van der Waals surface area contributed by atoms with Gasteiger partial charge in [0.1, 0.15) is 5.82 Å². The van der Waals surface area contributed by atoms with Crippen molar-refractivity contribution in [1.82, 2.24) is 0 Å². The van der Waals surface area contributed by atoms with Crippen molar-refractivity contribution < 1.29 is 4.39 Å². The Bertz CT molecular complexity index is 361. The van der Waals surface area contributed by atoms with Gasteiger partial charge in [0.25, 0.3) is 0 Å². The van der Waals surface area contributed by atoms with Crippen molar-refractivity contribution in [2.75, 3.05) is 0 Å². The van der Waals surface area contributed by atoms with E-state index in [1.807, 2.05) is 20.8 Å². The van der Waals surface area contributed by atoms with Crippen LogP contribution in [0.15, 0.2) is 24.8 Å². The second-order valence-electron chi connectivity index (χ2n) is 4.44. The van der Waals surface area contributed by atoms with Crippen LogP contribution >= 0.6 is 0 Å². The number of benzene rings is 1. The van der Waals surface area contributed by atoms with E-state index in [1.165, 1.54) is 6.07 Å². The van der Waals surface area contributed by atoms with Crippen LogP contribution in [-0.4, -0.2) is 0 Å². The lowest BCUT2D eigenvalue weighted by molar-refractivity contribution is 0.521. The van der Waals surface area contributed by atoms with E-state index in [1.54, 1.807) is 12.1 Å². The number of hydrogen-bond donors (Lipinski definition) is 1. The molecule has 0 aliphatic heterocycles. The average Bonchev–Trinajstić information content (AvgIpc) is 2.01. The minimum Gasteiger partial charge on any atom is -0.399 e. The standard InChI is InChI=1S/C12H16FN/c1-8(14)9-6-5-7-10(13)11(9)12(2,3)4/h5-7H,1,14H2,2-4H3. The molecule has 0 atom stereocenters. The normalized spacial score (nSPS) is 11.4. The maximum atomic E-state index is 13.6. The van der Waals surface area contributed by atoms with Crippen molar-refractivity contribution in [2.24, 2.45) is 5.73 Å². The van der Waals surface area contributed by atoms with Gasteiger partial charge >= 0.3 is 0 Å². The Labute approximate surface area is 84.4 Å². The molecule has 0 spiro atoms. The monoisotopic (exact) mass is 193 g/mol. The summed E-state index contributed by atoms with van der Waals surface area (Å²) in [5.41, 5.74) is 7.11. The first-order valence-corrected chi connectivity index (χ1v) is 4.58. The lowest BCUT2D eigenvalue weighted by Gasteiger charge is -2.23. The smallest absolute Gasteiger partial charge is 0.127 e. The van der Waals surface area contributed by atoms with Crippen LogP contribution in [0.3, 0.4) is 0 Å². The van der Waals surface area contributed by atoms with Crippen molar-refractivity contribution in [3.05, 3.63) is 41.7 Å². The van der Waals surface area contributed by atoms with E-state index in [0.29, 0.717) is 16.8 Å². The molecule has 0 aliphatic rings. The third-order valence-electron chi connectivity index (χ3n) is 2.11. The molecule has 1 aromatic carbocycles. The highest BCUT2D eigenvalue weighted by atomic mass is 19.1. The number of nitrogens with two attached hydrogens (primary N) is 1. The second kappa shape index (κ2) is 3.45. The maximum absolute atomic E-state index is 13.6. The Hall–Kier alpha value is -1.31. The van der Waals surface area contributed by atoms with E-state index in [2.05, 4.69) is 6.58 Å². The average molecular weight is 193 g/mol. The van der Waals surface area contributed by atoms with Crippen molar-refractivity contribution in [3.8, 4) is 0 Å². The maximum Gasteiger partial charge on any atom is 0.127 e. The molecule has 14 heavy (non-hydrogen) atoms. The van der Waals surface area contributed by atoms with Gasteiger partial charge in [0.2, 0.25) is 0 Å². The van der Waals surface area contributed by atoms with Crippen molar-refractivity contribution in [1.29, 1.82) is 0 Å². The SMILES string of the molecule is C=C(N)c1cccc(F)c1C(C)(C)C. The highest BCUT2D eigenvalue weighted by Gasteiger charge is 2.22. The summed E-state index contributed by atoms with van der Waals surface area (Å²) in [6, 6.07) is 4.90. The minimum atomic E-state index is -0.261. The summed E-state index contributed by atoms with van der Waals surface area (Å²) < 4.78 is 13.6. The van der Waals surface area contributed by atoms with Gasteiger partial charge in [-0.3, -0.25) is 0 Å². The summed E-state index contributed by atoms with van der Waals surface area (Å²) in [5, 5.41) is 0. The van der Waals surface area contributed by atoms with Gasteiger partial charge in [-0.15, -0.1) is 0 Å². The molecule has 0 fully saturated rings. The fraction of sp³-hybridized carbons (Fsp3) is 0.333. The Morgan fingerprint density at radius 2 is 1.93 bits per heavy atom. The molecule has 0 aliphatic carbocycles. The van der Waals surface area contributed by atoms with Crippen LogP contribution in [0.4, 0.5) is 4.39 Å². The largest absolute Gasteiger partial charge is 0.399 e. The van der Waals surface area contributed by atoms with E-state index in [9.17, 15) is 4.39 Å². The molecule has 0 amide bonds. The fourth-order valence-corrected chi connectivity index (χ4v) is 1.55. The van der Waals surface area contributed by atoms with E-state index in [4.69, 9.17) is 5.73 Å². The molecule has 0 saturated heterocycles. The van der Waals surface area contributed by atoms with Crippen LogP contribution < -0.4 is 5.73 Å². The lowest BCUT2D eigenvalue weighted by Crippen LogP contribution is -2.17. The van der Waals surface area contributed by atoms with Gasteiger partial charge in [0, 0.05) is 16.8 Å². The topological polar surface area (TPSA) is 26.0 Å². The minimum absolute atomic E-state index is 0.221. The molecular formula is C12H16FN. The summed E-state index contributed by atoms with van der Waals surface area (Å²) >= 11 is 0. The molecule has 1 nitrogen and oxygen atoms in total. The zero-order valence-electron chi connectivity index (χ0n) is 8.89. The molecule has 76 valence electrons. The first kappa shape index (κ1) is 10.8. The summed E-state index contributed by atoms with van der Waals surface area (Å²) in [6.07, 6.45) is 0. The number of hydrogen-bond acceptors (Lipinski definition) is 1. The highest BCUT2D eigenvalue weighted by Crippen LogP contribution is 2.30. The van der Waals surface area contributed by atoms with Gasteiger partial charge in [-0.2, -0.15) is 0 Å². The van der Waals surface area contributed by atoms with Crippen LogP contribution in [0.5, 0.6) is 0 Å². The van der Waals surface area contributed by atoms with E-state index >= 15 is 0 Å². The van der Waals surface area contributed by atoms with E-state index in [-0.39, 0.29) is 11.2 Å². The third-order valence-corrected chi connectivity index (χ3v) is 2.11. The summed E-state index contributed by atoms with van der Waals surface area (Å²) in [4.78, 5) is 0. The van der Waals surface area contributed by atoms with Crippen LogP contribution in [0, 0.1) is 5.82 Å². The van der Waals surface area contributed by atoms with Crippen LogP contribution in [-0.2, 0) is 5.41 Å². The zero-order chi connectivity index (χ0) is 10.9. The van der Waals surface area contributed by atoms with Crippen LogP contribution in [0.2, 0.25) is 0 Å². The van der Waals surface area contributed by atoms with Gasteiger partial charge < -0.3 is 5.73 Å². The molecule has 0 saturated carbocycles. The summed E-state index contributed by atoms with van der Waals surface area (Å²) in [5.74, 6) is -0.221. The molecule has 0 heterocycles. The molecule has 1 rings (SSSR count). The number of rotatable bonds is 1. The van der Waals surface area contributed by atoms with Crippen molar-refractivity contribution in [2.45, 2.75) is 26.2 Å². The fourth-order valence-electron chi connectivity index (χ4n) is 1.55. The summed E-state index contributed by atoms with van der Waals surface area (Å²) in [7, 11) is 0.